The number of benzene rings is 1. The Labute approximate surface area is 163 Å². The van der Waals surface area contributed by atoms with Crippen LogP contribution in [0.4, 0.5) is 4.39 Å². The van der Waals surface area contributed by atoms with Crippen LogP contribution in [0.25, 0.3) is 6.08 Å². The van der Waals surface area contributed by atoms with E-state index in [4.69, 9.17) is 9.47 Å². The molecule has 0 aliphatic carbocycles. The molecule has 28 heavy (non-hydrogen) atoms. The highest BCUT2D eigenvalue weighted by Crippen LogP contribution is 2.20. The number of carbonyl (C=O) groups is 2. The number of carbonyl (C=O) groups excluding carboxylic acids is 2. The molecule has 148 valence electrons. The smallest absolute Gasteiger partial charge is 0.331 e. The molecule has 1 fully saturated rings. The van der Waals surface area contributed by atoms with Crippen molar-refractivity contribution in [3.63, 3.8) is 0 Å². The van der Waals surface area contributed by atoms with Gasteiger partial charge in [-0.25, -0.2) is 9.18 Å². The van der Waals surface area contributed by atoms with Gasteiger partial charge in [0.15, 0.2) is 6.61 Å². The molecule has 1 aromatic heterocycles. The van der Waals surface area contributed by atoms with E-state index in [1.54, 1.807) is 12.1 Å². The van der Waals surface area contributed by atoms with Crippen LogP contribution in [0.2, 0.25) is 0 Å². The monoisotopic (exact) mass is 385 g/mol. The van der Waals surface area contributed by atoms with Crippen molar-refractivity contribution in [2.24, 2.45) is 0 Å². The Morgan fingerprint density at radius 1 is 1.32 bits per heavy atom. The second-order valence-electron chi connectivity index (χ2n) is 6.95. The largest absolute Gasteiger partial charge is 0.454 e. The zero-order chi connectivity index (χ0) is 20.1. The number of hydrogen-bond donors (Lipinski definition) is 0. The minimum absolute atomic E-state index is 0.179. The molecule has 0 bridgehead atoms. The van der Waals surface area contributed by atoms with Crippen LogP contribution >= 0.6 is 0 Å². The van der Waals surface area contributed by atoms with Crippen LogP contribution in [0.1, 0.15) is 40.2 Å². The maximum absolute atomic E-state index is 13.1. The fourth-order valence-electron chi connectivity index (χ4n) is 3.39. The number of nitrogens with zero attached hydrogens (tertiary/aromatic N) is 1. The van der Waals surface area contributed by atoms with Crippen molar-refractivity contribution in [2.75, 3.05) is 13.2 Å². The average Bonchev–Trinajstić information content (AvgIpc) is 3.28. The molecule has 1 aromatic carbocycles. The van der Waals surface area contributed by atoms with E-state index in [2.05, 4.69) is 4.57 Å². The van der Waals surface area contributed by atoms with Crippen molar-refractivity contribution in [3.8, 4) is 0 Å². The summed E-state index contributed by atoms with van der Waals surface area (Å²) in [5.74, 6) is -1.28. The first-order valence-corrected chi connectivity index (χ1v) is 9.36. The molecule has 0 unspecified atom stereocenters. The van der Waals surface area contributed by atoms with Crippen molar-refractivity contribution < 1.29 is 23.5 Å². The highest BCUT2D eigenvalue weighted by molar-refractivity contribution is 6.00. The Morgan fingerprint density at radius 2 is 2.14 bits per heavy atom. The van der Waals surface area contributed by atoms with Gasteiger partial charge in [-0.15, -0.1) is 0 Å². The van der Waals surface area contributed by atoms with Gasteiger partial charge in [-0.05, 0) is 56.5 Å². The predicted octanol–water partition coefficient (Wildman–Crippen LogP) is 3.86. The second-order valence-corrected chi connectivity index (χ2v) is 6.95. The Morgan fingerprint density at radius 3 is 2.86 bits per heavy atom. The van der Waals surface area contributed by atoms with Crippen LogP contribution in [0, 0.1) is 19.7 Å². The minimum atomic E-state index is -0.647. The van der Waals surface area contributed by atoms with E-state index in [0.29, 0.717) is 11.1 Å². The summed E-state index contributed by atoms with van der Waals surface area (Å²) in [4.78, 5) is 24.3. The lowest BCUT2D eigenvalue weighted by atomic mass is 10.1. The lowest BCUT2D eigenvalue weighted by molar-refractivity contribution is -0.136. The Balaban J connectivity index is 1.57. The molecule has 0 amide bonds. The van der Waals surface area contributed by atoms with Gasteiger partial charge in [0, 0.05) is 36.2 Å². The van der Waals surface area contributed by atoms with Crippen LogP contribution in [-0.4, -0.2) is 35.6 Å². The molecule has 2 aromatic rings. The number of aromatic nitrogens is 1. The first kappa shape index (κ1) is 20.0. The van der Waals surface area contributed by atoms with Gasteiger partial charge in [0.2, 0.25) is 5.78 Å². The summed E-state index contributed by atoms with van der Waals surface area (Å²) in [6.45, 7) is 5.01. The summed E-state index contributed by atoms with van der Waals surface area (Å²) in [7, 11) is 0. The average molecular weight is 385 g/mol. The third-order valence-corrected chi connectivity index (χ3v) is 4.89. The Hall–Kier alpha value is -2.73. The summed E-state index contributed by atoms with van der Waals surface area (Å²) in [6.07, 6.45) is 4.90. The number of ether oxygens (including phenoxy) is 2. The molecular formula is C22H24FNO4. The van der Waals surface area contributed by atoms with E-state index in [9.17, 15) is 14.0 Å². The topological polar surface area (TPSA) is 57.5 Å². The zero-order valence-electron chi connectivity index (χ0n) is 16.1. The molecule has 1 saturated heterocycles. The molecule has 0 N–H and O–H groups in total. The number of Topliss-reactive ketones (excluding diaryl/α,β-unsaturated/α-hetero) is 1. The molecule has 1 aliphatic heterocycles. The first-order valence-electron chi connectivity index (χ1n) is 9.36. The van der Waals surface area contributed by atoms with E-state index in [-0.39, 0.29) is 24.3 Å². The summed E-state index contributed by atoms with van der Waals surface area (Å²) in [5.41, 5.74) is 2.93. The molecule has 6 heteroatoms. The number of aryl methyl sites for hydroxylation is 1. The number of esters is 1. The summed E-state index contributed by atoms with van der Waals surface area (Å²) >= 11 is 0. The highest BCUT2D eigenvalue weighted by Gasteiger charge is 2.21. The number of ketones is 1. The van der Waals surface area contributed by atoms with Crippen molar-refractivity contribution in [1.82, 2.24) is 4.57 Å². The molecular weight excluding hydrogens is 361 g/mol. The SMILES string of the molecule is Cc1cc(C(=O)COC(=O)/C=C/c2cccc(F)c2)c(C)n1C[C@@H]1CCCO1. The number of rotatable bonds is 7. The van der Waals surface area contributed by atoms with Crippen LogP contribution in [0.15, 0.2) is 36.4 Å². The quantitative estimate of drug-likeness (QED) is 0.413. The van der Waals surface area contributed by atoms with Crippen LogP contribution < -0.4 is 0 Å². The van der Waals surface area contributed by atoms with Crippen LogP contribution in [0.3, 0.4) is 0 Å². The molecule has 1 atom stereocenters. The van der Waals surface area contributed by atoms with Gasteiger partial charge in [0.1, 0.15) is 5.82 Å². The molecule has 0 saturated carbocycles. The van der Waals surface area contributed by atoms with E-state index in [0.717, 1.165) is 37.4 Å². The van der Waals surface area contributed by atoms with Gasteiger partial charge in [0.05, 0.1) is 6.10 Å². The van der Waals surface area contributed by atoms with E-state index >= 15 is 0 Å². The van der Waals surface area contributed by atoms with E-state index in [1.807, 2.05) is 19.9 Å². The minimum Gasteiger partial charge on any atom is -0.454 e. The van der Waals surface area contributed by atoms with Gasteiger partial charge in [0.25, 0.3) is 0 Å². The third kappa shape index (κ3) is 4.95. The van der Waals surface area contributed by atoms with E-state index < -0.39 is 5.97 Å². The molecule has 3 rings (SSSR count). The molecule has 2 heterocycles. The fourth-order valence-corrected chi connectivity index (χ4v) is 3.39. The zero-order valence-corrected chi connectivity index (χ0v) is 16.1. The van der Waals surface area contributed by atoms with Gasteiger partial charge in [-0.1, -0.05) is 12.1 Å². The summed E-state index contributed by atoms with van der Waals surface area (Å²) in [6, 6.07) is 7.67. The predicted molar refractivity (Wildman–Crippen MR) is 104 cm³/mol. The molecule has 5 nitrogen and oxygen atoms in total. The normalized spacial score (nSPS) is 16.6. The Bertz CT molecular complexity index is 894. The van der Waals surface area contributed by atoms with Gasteiger partial charge >= 0.3 is 5.97 Å². The maximum Gasteiger partial charge on any atom is 0.331 e. The van der Waals surface area contributed by atoms with Crippen molar-refractivity contribution >= 4 is 17.8 Å². The van der Waals surface area contributed by atoms with E-state index in [1.165, 1.54) is 24.3 Å². The van der Waals surface area contributed by atoms with Gasteiger partial charge in [-0.2, -0.15) is 0 Å². The van der Waals surface area contributed by atoms with Crippen molar-refractivity contribution in [1.29, 1.82) is 0 Å². The number of halogens is 1. The van der Waals surface area contributed by atoms with Crippen molar-refractivity contribution in [3.05, 3.63) is 64.7 Å². The standard InChI is InChI=1S/C22H24FNO4/c1-15-11-20(16(2)24(15)13-19-7-4-10-27-19)21(25)14-28-22(26)9-8-17-5-3-6-18(23)12-17/h3,5-6,8-9,11-12,19H,4,7,10,13-14H2,1-2H3/b9-8+/t19-/m0/s1. The van der Waals surface area contributed by atoms with Crippen LogP contribution in [0.5, 0.6) is 0 Å². The molecule has 1 aliphatic rings. The fraction of sp³-hybridized carbons (Fsp3) is 0.364. The lowest BCUT2D eigenvalue weighted by Crippen LogP contribution is -2.18. The number of hydrogen-bond acceptors (Lipinski definition) is 4. The third-order valence-electron chi connectivity index (χ3n) is 4.89. The summed E-state index contributed by atoms with van der Waals surface area (Å²) < 4.78 is 25.9. The summed E-state index contributed by atoms with van der Waals surface area (Å²) in [5, 5.41) is 0. The Kier molecular flexibility index (Phi) is 6.41. The maximum atomic E-state index is 13.1. The van der Waals surface area contributed by atoms with Gasteiger partial charge in [-0.3, -0.25) is 4.79 Å². The van der Waals surface area contributed by atoms with Crippen LogP contribution in [-0.2, 0) is 20.8 Å². The molecule has 0 spiro atoms. The molecule has 0 radical (unpaired) electrons. The lowest BCUT2D eigenvalue weighted by Gasteiger charge is -2.14. The van der Waals surface area contributed by atoms with Gasteiger partial charge < -0.3 is 14.0 Å². The van der Waals surface area contributed by atoms with Crippen molar-refractivity contribution in [2.45, 2.75) is 39.3 Å². The second kappa shape index (κ2) is 8.97. The highest BCUT2D eigenvalue weighted by atomic mass is 19.1. The first-order chi connectivity index (χ1) is 13.4.